The first-order valence-electron chi connectivity index (χ1n) is 6.78. The van der Waals surface area contributed by atoms with Crippen molar-refractivity contribution in [1.29, 1.82) is 0 Å². The maximum absolute atomic E-state index is 12.4. The summed E-state index contributed by atoms with van der Waals surface area (Å²) < 4.78 is 10.6. The highest BCUT2D eigenvalue weighted by Gasteiger charge is 2.36. The molecule has 1 unspecified atom stereocenters. The van der Waals surface area contributed by atoms with Crippen molar-refractivity contribution in [2.45, 2.75) is 31.3 Å². The Bertz CT molecular complexity index is 527. The normalized spacial score (nSPS) is 25.2. The number of carbonyl (C=O) groups excluding carboxylic acids is 1. The summed E-state index contributed by atoms with van der Waals surface area (Å²) in [5.74, 6) is 1.65. The molecule has 100 valence electrons. The topological polar surface area (TPSA) is 50.8 Å². The van der Waals surface area contributed by atoms with Gasteiger partial charge in [-0.05, 0) is 31.4 Å². The van der Waals surface area contributed by atoms with Crippen LogP contribution in [0.25, 0.3) is 0 Å². The molecule has 0 radical (unpaired) electrons. The third-order valence-electron chi connectivity index (χ3n) is 3.89. The van der Waals surface area contributed by atoms with Gasteiger partial charge in [-0.1, -0.05) is 0 Å². The lowest BCUT2D eigenvalue weighted by atomic mass is 10.2. The van der Waals surface area contributed by atoms with Gasteiger partial charge in [0.15, 0.2) is 11.5 Å². The Labute approximate surface area is 111 Å². The Morgan fingerprint density at radius 3 is 2.84 bits per heavy atom. The van der Waals surface area contributed by atoms with Crippen molar-refractivity contribution in [3.05, 3.63) is 18.2 Å². The molecule has 2 fully saturated rings. The molecule has 5 nitrogen and oxygen atoms in total. The maximum Gasteiger partial charge on any atom is 0.244 e. The predicted octanol–water partition coefficient (Wildman–Crippen LogP) is 1.27. The number of hydrogen-bond acceptors (Lipinski definition) is 4. The van der Waals surface area contributed by atoms with Crippen LogP contribution in [0.1, 0.15) is 19.3 Å². The lowest BCUT2D eigenvalue weighted by Gasteiger charge is -2.17. The number of carbonyl (C=O) groups is 1. The zero-order valence-electron chi connectivity index (χ0n) is 10.6. The van der Waals surface area contributed by atoms with E-state index in [1.807, 2.05) is 23.1 Å². The van der Waals surface area contributed by atoms with E-state index in [1.165, 1.54) is 12.8 Å². The monoisotopic (exact) mass is 260 g/mol. The van der Waals surface area contributed by atoms with Crippen molar-refractivity contribution in [2.75, 3.05) is 18.2 Å². The second-order valence-electron chi connectivity index (χ2n) is 5.31. The molecule has 1 amide bonds. The summed E-state index contributed by atoms with van der Waals surface area (Å²) in [6.07, 6.45) is 3.28. The molecule has 1 aromatic carbocycles. The summed E-state index contributed by atoms with van der Waals surface area (Å²) in [6, 6.07) is 6.22. The number of fused-ring (bicyclic) bond motifs is 1. The maximum atomic E-state index is 12.4. The fourth-order valence-electron chi connectivity index (χ4n) is 2.68. The summed E-state index contributed by atoms with van der Waals surface area (Å²) in [7, 11) is 0. The molecule has 0 spiro atoms. The Balaban J connectivity index is 1.54. The Hall–Kier alpha value is -1.75. The molecule has 1 saturated carbocycles. The van der Waals surface area contributed by atoms with Crippen LogP contribution in [0.15, 0.2) is 18.2 Å². The molecule has 1 atom stereocenters. The van der Waals surface area contributed by atoms with Gasteiger partial charge >= 0.3 is 0 Å². The molecule has 1 aromatic rings. The minimum Gasteiger partial charge on any atom is -0.454 e. The number of benzene rings is 1. The van der Waals surface area contributed by atoms with Crippen LogP contribution in [0.3, 0.4) is 0 Å². The molecule has 19 heavy (non-hydrogen) atoms. The second kappa shape index (κ2) is 4.13. The molecular weight excluding hydrogens is 244 g/mol. The van der Waals surface area contributed by atoms with E-state index in [0.29, 0.717) is 6.04 Å². The van der Waals surface area contributed by atoms with Gasteiger partial charge in [0.1, 0.15) is 0 Å². The molecule has 2 aliphatic heterocycles. The lowest BCUT2D eigenvalue weighted by molar-refractivity contribution is -0.118. The van der Waals surface area contributed by atoms with Crippen molar-refractivity contribution in [1.82, 2.24) is 5.32 Å². The number of hydrogen-bond donors (Lipinski definition) is 1. The minimum absolute atomic E-state index is 0.0158. The first-order chi connectivity index (χ1) is 9.31. The highest BCUT2D eigenvalue weighted by Crippen LogP contribution is 2.36. The van der Waals surface area contributed by atoms with E-state index in [2.05, 4.69) is 5.32 Å². The molecule has 3 aliphatic rings. The second-order valence-corrected chi connectivity index (χ2v) is 5.31. The third-order valence-corrected chi connectivity index (χ3v) is 3.89. The number of rotatable bonds is 3. The Morgan fingerprint density at radius 2 is 2.00 bits per heavy atom. The molecule has 1 aliphatic carbocycles. The summed E-state index contributed by atoms with van der Waals surface area (Å²) in [4.78, 5) is 14.2. The van der Waals surface area contributed by atoms with Gasteiger partial charge in [0, 0.05) is 24.3 Å². The summed E-state index contributed by atoms with van der Waals surface area (Å²) >= 11 is 0. The lowest BCUT2D eigenvalue weighted by Crippen LogP contribution is -2.39. The third kappa shape index (κ3) is 1.94. The predicted molar refractivity (Wildman–Crippen MR) is 69.5 cm³/mol. The standard InChI is InChI=1S/C14H16N2O3/c17-14-11(15-9-1-2-9)5-6-16(14)10-3-4-12-13(7-10)19-8-18-12/h3-4,7,9,11,15H,1-2,5-6,8H2. The van der Waals surface area contributed by atoms with Crippen molar-refractivity contribution < 1.29 is 14.3 Å². The summed E-state index contributed by atoms with van der Waals surface area (Å²) in [6.45, 7) is 1.03. The van der Waals surface area contributed by atoms with Crippen LogP contribution in [0, 0.1) is 0 Å². The molecule has 4 rings (SSSR count). The van der Waals surface area contributed by atoms with E-state index in [1.54, 1.807) is 0 Å². The quantitative estimate of drug-likeness (QED) is 0.889. The van der Waals surface area contributed by atoms with Crippen LogP contribution in [-0.4, -0.2) is 31.3 Å². The number of nitrogens with one attached hydrogen (secondary N) is 1. The zero-order chi connectivity index (χ0) is 12.8. The van der Waals surface area contributed by atoms with E-state index in [0.717, 1.165) is 30.2 Å². The van der Waals surface area contributed by atoms with Crippen LogP contribution in [0.4, 0.5) is 5.69 Å². The molecule has 1 saturated heterocycles. The fourth-order valence-corrected chi connectivity index (χ4v) is 2.68. The van der Waals surface area contributed by atoms with Gasteiger partial charge < -0.3 is 19.7 Å². The van der Waals surface area contributed by atoms with E-state index in [9.17, 15) is 4.79 Å². The molecule has 0 bridgehead atoms. The SMILES string of the molecule is O=C1C(NC2CC2)CCN1c1ccc2c(c1)OCO2. The Kier molecular flexibility index (Phi) is 2.41. The highest BCUT2D eigenvalue weighted by molar-refractivity contribution is 5.99. The van der Waals surface area contributed by atoms with Gasteiger partial charge in [0.2, 0.25) is 12.7 Å². The van der Waals surface area contributed by atoms with Crippen molar-refractivity contribution in [3.63, 3.8) is 0 Å². The largest absolute Gasteiger partial charge is 0.454 e. The van der Waals surface area contributed by atoms with E-state index < -0.39 is 0 Å². The van der Waals surface area contributed by atoms with Gasteiger partial charge in [-0.2, -0.15) is 0 Å². The van der Waals surface area contributed by atoms with Crippen LogP contribution >= 0.6 is 0 Å². The fraction of sp³-hybridized carbons (Fsp3) is 0.500. The highest BCUT2D eigenvalue weighted by atomic mass is 16.7. The van der Waals surface area contributed by atoms with E-state index >= 15 is 0 Å². The van der Waals surface area contributed by atoms with Gasteiger partial charge in [0.25, 0.3) is 0 Å². The number of anilines is 1. The number of amides is 1. The van der Waals surface area contributed by atoms with Crippen molar-refractivity contribution >= 4 is 11.6 Å². The minimum atomic E-state index is -0.0158. The molecular formula is C14H16N2O3. The van der Waals surface area contributed by atoms with Crippen LogP contribution < -0.4 is 19.7 Å². The zero-order valence-corrected chi connectivity index (χ0v) is 10.6. The summed E-state index contributed by atoms with van der Waals surface area (Å²) in [5.41, 5.74) is 0.898. The first kappa shape index (κ1) is 11.1. The molecule has 0 aromatic heterocycles. The Morgan fingerprint density at radius 1 is 1.16 bits per heavy atom. The molecule has 1 N–H and O–H groups in total. The number of nitrogens with zero attached hydrogens (tertiary/aromatic N) is 1. The van der Waals surface area contributed by atoms with Crippen molar-refractivity contribution in [2.24, 2.45) is 0 Å². The van der Waals surface area contributed by atoms with Gasteiger partial charge in [-0.25, -0.2) is 0 Å². The van der Waals surface area contributed by atoms with E-state index in [4.69, 9.17) is 9.47 Å². The van der Waals surface area contributed by atoms with Crippen LogP contribution in [0.2, 0.25) is 0 Å². The van der Waals surface area contributed by atoms with Gasteiger partial charge in [-0.3, -0.25) is 4.79 Å². The van der Waals surface area contributed by atoms with Crippen LogP contribution in [0.5, 0.6) is 11.5 Å². The molecule has 2 heterocycles. The van der Waals surface area contributed by atoms with Gasteiger partial charge in [-0.15, -0.1) is 0 Å². The average molecular weight is 260 g/mol. The average Bonchev–Trinajstić information content (AvgIpc) is 2.98. The first-order valence-corrected chi connectivity index (χ1v) is 6.78. The smallest absolute Gasteiger partial charge is 0.244 e. The van der Waals surface area contributed by atoms with Crippen molar-refractivity contribution in [3.8, 4) is 11.5 Å². The molecule has 5 heteroatoms. The van der Waals surface area contributed by atoms with E-state index in [-0.39, 0.29) is 18.7 Å². The number of ether oxygens (including phenoxy) is 2. The summed E-state index contributed by atoms with van der Waals surface area (Å²) in [5, 5.41) is 3.41. The van der Waals surface area contributed by atoms with Gasteiger partial charge in [0.05, 0.1) is 6.04 Å². The van der Waals surface area contributed by atoms with Crippen LogP contribution in [-0.2, 0) is 4.79 Å².